The lowest BCUT2D eigenvalue weighted by Gasteiger charge is -2.41. The summed E-state index contributed by atoms with van der Waals surface area (Å²) in [6.07, 6.45) is 8.22. The highest BCUT2D eigenvalue weighted by Gasteiger charge is 2.35. The highest BCUT2D eigenvalue weighted by Crippen LogP contribution is 2.43. The molecule has 0 bridgehead atoms. The number of carbonyl (C=O) groups is 1. The molecular formula is C14H26N2O. The van der Waals surface area contributed by atoms with Crippen LogP contribution in [0.15, 0.2) is 0 Å². The van der Waals surface area contributed by atoms with Gasteiger partial charge in [-0.1, -0.05) is 13.3 Å². The zero-order valence-corrected chi connectivity index (χ0v) is 11.1. The molecule has 0 radical (unpaired) electrons. The monoisotopic (exact) mass is 238 g/mol. The van der Waals surface area contributed by atoms with Gasteiger partial charge in [0.1, 0.15) is 0 Å². The maximum absolute atomic E-state index is 11.9. The molecule has 2 rings (SSSR count). The number of carbonyl (C=O) groups excluding carboxylic acids is 1. The number of amides is 1. The molecular weight excluding hydrogens is 212 g/mol. The molecule has 1 aliphatic heterocycles. The van der Waals surface area contributed by atoms with Crippen LogP contribution in [-0.2, 0) is 4.79 Å². The summed E-state index contributed by atoms with van der Waals surface area (Å²) in [4.78, 5) is 11.9. The second kappa shape index (κ2) is 5.85. The summed E-state index contributed by atoms with van der Waals surface area (Å²) < 4.78 is 0. The molecule has 2 aliphatic rings. The molecule has 1 saturated carbocycles. The summed E-state index contributed by atoms with van der Waals surface area (Å²) in [7, 11) is 0. The topological polar surface area (TPSA) is 41.1 Å². The molecule has 17 heavy (non-hydrogen) atoms. The lowest BCUT2D eigenvalue weighted by molar-refractivity contribution is -0.123. The molecule has 1 saturated heterocycles. The molecule has 0 spiro atoms. The Labute approximate surface area is 105 Å². The van der Waals surface area contributed by atoms with E-state index in [1.807, 2.05) is 0 Å². The number of rotatable bonds is 5. The Morgan fingerprint density at radius 2 is 2.06 bits per heavy atom. The summed E-state index contributed by atoms with van der Waals surface area (Å²) in [5.41, 5.74) is 0.448. The predicted molar refractivity (Wildman–Crippen MR) is 69.8 cm³/mol. The van der Waals surface area contributed by atoms with Crippen molar-refractivity contribution in [3.05, 3.63) is 0 Å². The summed E-state index contributed by atoms with van der Waals surface area (Å²) >= 11 is 0. The van der Waals surface area contributed by atoms with Gasteiger partial charge in [0.2, 0.25) is 5.91 Å². The van der Waals surface area contributed by atoms with Crippen molar-refractivity contribution in [3.8, 4) is 0 Å². The van der Waals surface area contributed by atoms with Crippen LogP contribution in [0.25, 0.3) is 0 Å². The van der Waals surface area contributed by atoms with E-state index >= 15 is 0 Å². The third-order valence-corrected chi connectivity index (χ3v) is 4.76. The molecule has 0 aromatic rings. The minimum Gasteiger partial charge on any atom is -0.356 e. The van der Waals surface area contributed by atoms with Gasteiger partial charge in [0, 0.05) is 13.0 Å². The predicted octanol–water partition coefficient (Wildman–Crippen LogP) is 2.07. The Bertz CT molecular complexity index is 249. The van der Waals surface area contributed by atoms with Crippen LogP contribution >= 0.6 is 0 Å². The number of hydrogen-bond donors (Lipinski definition) is 2. The Morgan fingerprint density at radius 3 is 2.59 bits per heavy atom. The van der Waals surface area contributed by atoms with Crippen molar-refractivity contribution >= 4 is 5.91 Å². The van der Waals surface area contributed by atoms with Crippen LogP contribution < -0.4 is 10.6 Å². The quantitative estimate of drug-likeness (QED) is 0.770. The Kier molecular flexibility index (Phi) is 4.43. The summed E-state index contributed by atoms with van der Waals surface area (Å²) in [6.45, 7) is 5.32. The Hall–Kier alpha value is -0.570. The van der Waals surface area contributed by atoms with Gasteiger partial charge in [0.15, 0.2) is 0 Å². The lowest BCUT2D eigenvalue weighted by Crippen LogP contribution is -2.42. The Morgan fingerprint density at radius 1 is 1.35 bits per heavy atom. The third-order valence-electron chi connectivity index (χ3n) is 4.76. The fourth-order valence-corrected chi connectivity index (χ4v) is 3.04. The number of nitrogens with one attached hydrogen (secondary N) is 2. The molecule has 0 aromatic heterocycles. The van der Waals surface area contributed by atoms with Gasteiger partial charge in [-0.3, -0.25) is 4.79 Å². The second-order valence-electron chi connectivity index (χ2n) is 5.88. The van der Waals surface area contributed by atoms with Gasteiger partial charge in [-0.05, 0) is 56.5 Å². The van der Waals surface area contributed by atoms with E-state index in [1.54, 1.807) is 0 Å². The molecule has 3 nitrogen and oxygen atoms in total. The first kappa shape index (κ1) is 12.9. The average Bonchev–Trinajstić information content (AvgIpc) is 2.29. The van der Waals surface area contributed by atoms with Crippen LogP contribution in [0, 0.1) is 11.3 Å². The van der Waals surface area contributed by atoms with E-state index in [9.17, 15) is 4.79 Å². The molecule has 3 heteroatoms. The van der Waals surface area contributed by atoms with Crippen molar-refractivity contribution in [2.24, 2.45) is 11.3 Å². The minimum absolute atomic E-state index is 0.275. The molecule has 2 N–H and O–H groups in total. The molecule has 1 heterocycles. The SMILES string of the molecule is CCC1(CNC(=O)CC2CCNCC2)CCC1. The standard InChI is InChI=1S/C14H26N2O/c1-2-14(6-3-7-14)11-16-13(17)10-12-4-8-15-9-5-12/h12,15H,2-11H2,1H3,(H,16,17). The molecule has 0 aromatic carbocycles. The maximum atomic E-state index is 11.9. The molecule has 0 unspecified atom stereocenters. The molecule has 0 atom stereocenters. The van der Waals surface area contributed by atoms with E-state index in [-0.39, 0.29) is 5.91 Å². The van der Waals surface area contributed by atoms with E-state index < -0.39 is 0 Å². The smallest absolute Gasteiger partial charge is 0.220 e. The van der Waals surface area contributed by atoms with Crippen LogP contribution in [-0.4, -0.2) is 25.5 Å². The van der Waals surface area contributed by atoms with Crippen LogP contribution in [0.3, 0.4) is 0 Å². The van der Waals surface area contributed by atoms with Crippen LogP contribution in [0.4, 0.5) is 0 Å². The molecule has 98 valence electrons. The van der Waals surface area contributed by atoms with E-state index in [0.717, 1.165) is 38.9 Å². The first-order valence-corrected chi connectivity index (χ1v) is 7.21. The van der Waals surface area contributed by atoms with Gasteiger partial charge in [0.05, 0.1) is 0 Å². The number of piperidine rings is 1. The van der Waals surface area contributed by atoms with Crippen LogP contribution in [0.2, 0.25) is 0 Å². The van der Waals surface area contributed by atoms with Crippen molar-refractivity contribution in [1.82, 2.24) is 10.6 Å². The Balaban J connectivity index is 1.66. The fourth-order valence-electron chi connectivity index (χ4n) is 3.04. The third kappa shape index (κ3) is 3.44. The maximum Gasteiger partial charge on any atom is 0.220 e. The largest absolute Gasteiger partial charge is 0.356 e. The molecule has 1 amide bonds. The van der Waals surface area contributed by atoms with Gasteiger partial charge in [-0.25, -0.2) is 0 Å². The van der Waals surface area contributed by atoms with E-state index in [2.05, 4.69) is 17.6 Å². The first-order chi connectivity index (χ1) is 8.24. The second-order valence-corrected chi connectivity index (χ2v) is 5.88. The lowest BCUT2D eigenvalue weighted by atomic mass is 9.67. The van der Waals surface area contributed by atoms with Gasteiger partial charge in [0.25, 0.3) is 0 Å². The molecule has 2 fully saturated rings. The normalized spacial score (nSPS) is 24.1. The van der Waals surface area contributed by atoms with E-state index in [4.69, 9.17) is 0 Å². The number of hydrogen-bond acceptors (Lipinski definition) is 2. The zero-order valence-electron chi connectivity index (χ0n) is 11.1. The van der Waals surface area contributed by atoms with Crippen molar-refractivity contribution in [2.75, 3.05) is 19.6 Å². The van der Waals surface area contributed by atoms with Crippen molar-refractivity contribution in [2.45, 2.75) is 51.9 Å². The van der Waals surface area contributed by atoms with Gasteiger partial charge in [-0.2, -0.15) is 0 Å². The first-order valence-electron chi connectivity index (χ1n) is 7.21. The fraction of sp³-hybridized carbons (Fsp3) is 0.929. The summed E-state index contributed by atoms with van der Waals surface area (Å²) in [5, 5.41) is 6.50. The highest BCUT2D eigenvalue weighted by molar-refractivity contribution is 5.76. The van der Waals surface area contributed by atoms with E-state index in [1.165, 1.54) is 25.7 Å². The zero-order chi connectivity index (χ0) is 12.1. The van der Waals surface area contributed by atoms with E-state index in [0.29, 0.717) is 11.3 Å². The highest BCUT2D eigenvalue weighted by atomic mass is 16.1. The summed E-state index contributed by atoms with van der Waals surface area (Å²) in [6, 6.07) is 0. The average molecular weight is 238 g/mol. The van der Waals surface area contributed by atoms with Crippen LogP contribution in [0.1, 0.15) is 51.9 Å². The van der Waals surface area contributed by atoms with Crippen LogP contribution in [0.5, 0.6) is 0 Å². The summed E-state index contributed by atoms with van der Waals surface area (Å²) in [5.74, 6) is 0.881. The van der Waals surface area contributed by atoms with Gasteiger partial charge >= 0.3 is 0 Å². The van der Waals surface area contributed by atoms with Crippen molar-refractivity contribution < 1.29 is 4.79 Å². The van der Waals surface area contributed by atoms with Gasteiger partial charge in [-0.15, -0.1) is 0 Å². The van der Waals surface area contributed by atoms with Crippen molar-refractivity contribution in [3.63, 3.8) is 0 Å². The molecule has 1 aliphatic carbocycles. The minimum atomic E-state index is 0.275. The van der Waals surface area contributed by atoms with Gasteiger partial charge < -0.3 is 10.6 Å². The van der Waals surface area contributed by atoms with Crippen molar-refractivity contribution in [1.29, 1.82) is 0 Å².